The Hall–Kier alpha value is -1.80. The molecule has 2 aromatic carbocycles. The Bertz CT molecular complexity index is 538. The van der Waals surface area contributed by atoms with Gasteiger partial charge in [-0.2, -0.15) is 0 Å². The van der Waals surface area contributed by atoms with Crippen molar-refractivity contribution >= 4 is 5.69 Å². The van der Waals surface area contributed by atoms with Crippen molar-refractivity contribution in [3.63, 3.8) is 0 Å². The van der Waals surface area contributed by atoms with Crippen LogP contribution in [-0.2, 0) is 11.2 Å². The van der Waals surface area contributed by atoms with Crippen LogP contribution in [-0.4, -0.2) is 20.3 Å². The van der Waals surface area contributed by atoms with Crippen LogP contribution in [0.4, 0.5) is 5.69 Å². The highest BCUT2D eigenvalue weighted by Crippen LogP contribution is 2.39. The molecule has 98 valence electrons. The number of hydrogen-bond acceptors (Lipinski definition) is 2. The molecule has 1 heterocycles. The fraction of sp³-hybridized carbons (Fsp3) is 0.294. The Morgan fingerprint density at radius 3 is 2.58 bits per heavy atom. The van der Waals surface area contributed by atoms with Gasteiger partial charge in [0.25, 0.3) is 0 Å². The highest BCUT2D eigenvalue weighted by molar-refractivity contribution is 5.60. The molecule has 0 aromatic heterocycles. The third-order valence-electron chi connectivity index (χ3n) is 3.81. The maximum absolute atomic E-state index is 5.26. The van der Waals surface area contributed by atoms with Gasteiger partial charge in [0.15, 0.2) is 0 Å². The minimum Gasteiger partial charge on any atom is -0.383 e. The zero-order chi connectivity index (χ0) is 13.1. The first-order valence-corrected chi connectivity index (χ1v) is 6.78. The number of hydrogen-bond donors (Lipinski definition) is 0. The van der Waals surface area contributed by atoms with Crippen LogP contribution in [0.25, 0.3) is 0 Å². The van der Waals surface area contributed by atoms with Crippen LogP contribution in [0.15, 0.2) is 54.6 Å². The molecule has 1 atom stereocenters. The number of ether oxygens (including phenoxy) is 1. The molecule has 1 aliphatic heterocycles. The van der Waals surface area contributed by atoms with Gasteiger partial charge in [-0.05, 0) is 23.6 Å². The highest BCUT2D eigenvalue weighted by Gasteiger charge is 2.29. The number of para-hydroxylation sites is 1. The van der Waals surface area contributed by atoms with E-state index in [4.69, 9.17) is 4.74 Å². The van der Waals surface area contributed by atoms with Crippen LogP contribution in [0.3, 0.4) is 0 Å². The molecule has 0 saturated carbocycles. The molecule has 0 aliphatic carbocycles. The lowest BCUT2D eigenvalue weighted by molar-refractivity contribution is 0.203. The van der Waals surface area contributed by atoms with E-state index in [-0.39, 0.29) is 0 Å². The second-order valence-corrected chi connectivity index (χ2v) is 4.95. The molecule has 3 rings (SSSR count). The van der Waals surface area contributed by atoms with Crippen LogP contribution in [0.2, 0.25) is 0 Å². The summed E-state index contributed by atoms with van der Waals surface area (Å²) < 4.78 is 5.26. The molecule has 2 nitrogen and oxygen atoms in total. The SMILES string of the molecule is COCCN1c2ccccc2CC1c1ccccc1. The molecule has 2 aromatic rings. The summed E-state index contributed by atoms with van der Waals surface area (Å²) >= 11 is 0. The van der Waals surface area contributed by atoms with Crippen LogP contribution in [0, 0.1) is 0 Å². The smallest absolute Gasteiger partial charge is 0.0638 e. The molecule has 0 fully saturated rings. The van der Waals surface area contributed by atoms with E-state index in [1.807, 2.05) is 0 Å². The molecule has 0 spiro atoms. The van der Waals surface area contributed by atoms with Gasteiger partial charge in [0.1, 0.15) is 0 Å². The number of methoxy groups -OCH3 is 1. The van der Waals surface area contributed by atoms with Crippen molar-refractivity contribution in [2.24, 2.45) is 0 Å². The molecule has 19 heavy (non-hydrogen) atoms. The van der Waals surface area contributed by atoms with Gasteiger partial charge in [-0.3, -0.25) is 0 Å². The van der Waals surface area contributed by atoms with E-state index in [1.54, 1.807) is 7.11 Å². The van der Waals surface area contributed by atoms with Crippen molar-refractivity contribution in [2.45, 2.75) is 12.5 Å². The molecular formula is C17H19NO. The standard InChI is InChI=1S/C17H19NO/c1-19-12-11-18-16-10-6-5-9-15(16)13-17(18)14-7-3-2-4-8-14/h2-10,17H,11-13H2,1H3. The molecular weight excluding hydrogens is 234 g/mol. The molecule has 2 heteroatoms. The maximum atomic E-state index is 5.26. The van der Waals surface area contributed by atoms with E-state index >= 15 is 0 Å². The number of anilines is 1. The number of rotatable bonds is 4. The second kappa shape index (κ2) is 5.45. The van der Waals surface area contributed by atoms with Gasteiger partial charge in [0, 0.05) is 19.3 Å². The summed E-state index contributed by atoms with van der Waals surface area (Å²) in [5.41, 5.74) is 4.18. The molecule has 1 unspecified atom stereocenters. The predicted molar refractivity (Wildman–Crippen MR) is 78.6 cm³/mol. The van der Waals surface area contributed by atoms with E-state index in [1.165, 1.54) is 16.8 Å². The highest BCUT2D eigenvalue weighted by atomic mass is 16.5. The van der Waals surface area contributed by atoms with Gasteiger partial charge < -0.3 is 9.64 Å². The van der Waals surface area contributed by atoms with E-state index in [9.17, 15) is 0 Å². The van der Waals surface area contributed by atoms with Crippen LogP contribution in [0.1, 0.15) is 17.2 Å². The van der Waals surface area contributed by atoms with E-state index in [0.717, 1.165) is 19.6 Å². The number of benzene rings is 2. The quantitative estimate of drug-likeness (QED) is 0.827. The zero-order valence-electron chi connectivity index (χ0n) is 11.3. The van der Waals surface area contributed by atoms with Gasteiger partial charge in [0.2, 0.25) is 0 Å². The van der Waals surface area contributed by atoms with Crippen molar-refractivity contribution in [2.75, 3.05) is 25.2 Å². The Morgan fingerprint density at radius 1 is 1.05 bits per heavy atom. The number of fused-ring (bicyclic) bond motifs is 1. The first kappa shape index (κ1) is 12.2. The monoisotopic (exact) mass is 253 g/mol. The average Bonchev–Trinajstić information content (AvgIpc) is 2.85. The summed E-state index contributed by atoms with van der Waals surface area (Å²) in [4.78, 5) is 2.47. The Balaban J connectivity index is 1.93. The fourth-order valence-electron chi connectivity index (χ4n) is 2.89. The molecule has 0 bridgehead atoms. The Morgan fingerprint density at radius 2 is 1.79 bits per heavy atom. The van der Waals surface area contributed by atoms with Gasteiger partial charge >= 0.3 is 0 Å². The van der Waals surface area contributed by atoms with Gasteiger partial charge in [-0.15, -0.1) is 0 Å². The van der Waals surface area contributed by atoms with Crippen LogP contribution in [0.5, 0.6) is 0 Å². The summed E-state index contributed by atoms with van der Waals surface area (Å²) in [5, 5.41) is 0. The fourth-order valence-corrected chi connectivity index (χ4v) is 2.89. The molecule has 0 radical (unpaired) electrons. The van der Waals surface area contributed by atoms with Crippen LogP contribution < -0.4 is 4.90 Å². The summed E-state index contributed by atoms with van der Waals surface area (Å²) in [6, 6.07) is 19.9. The Labute approximate surface area is 114 Å². The zero-order valence-corrected chi connectivity index (χ0v) is 11.3. The molecule has 0 amide bonds. The molecule has 0 saturated heterocycles. The Kier molecular flexibility index (Phi) is 3.51. The van der Waals surface area contributed by atoms with Crippen molar-refractivity contribution in [3.05, 3.63) is 65.7 Å². The average molecular weight is 253 g/mol. The van der Waals surface area contributed by atoms with Crippen molar-refractivity contribution in [3.8, 4) is 0 Å². The van der Waals surface area contributed by atoms with Crippen LogP contribution >= 0.6 is 0 Å². The predicted octanol–water partition coefficient (Wildman–Crippen LogP) is 3.44. The largest absolute Gasteiger partial charge is 0.383 e. The first-order chi connectivity index (χ1) is 9.40. The molecule has 0 N–H and O–H groups in total. The lowest BCUT2D eigenvalue weighted by Crippen LogP contribution is -2.28. The second-order valence-electron chi connectivity index (χ2n) is 4.95. The van der Waals surface area contributed by atoms with Gasteiger partial charge in [-0.1, -0.05) is 48.5 Å². The van der Waals surface area contributed by atoms with E-state index in [2.05, 4.69) is 59.5 Å². The minimum atomic E-state index is 0.439. The van der Waals surface area contributed by atoms with Crippen molar-refractivity contribution < 1.29 is 4.74 Å². The summed E-state index contributed by atoms with van der Waals surface area (Å²) in [5.74, 6) is 0. The maximum Gasteiger partial charge on any atom is 0.0638 e. The lowest BCUT2D eigenvalue weighted by atomic mass is 10.0. The van der Waals surface area contributed by atoms with Gasteiger partial charge in [-0.25, -0.2) is 0 Å². The topological polar surface area (TPSA) is 12.5 Å². The third-order valence-corrected chi connectivity index (χ3v) is 3.81. The van der Waals surface area contributed by atoms with Gasteiger partial charge in [0.05, 0.1) is 12.6 Å². The normalized spacial score (nSPS) is 17.5. The van der Waals surface area contributed by atoms with Crippen molar-refractivity contribution in [1.29, 1.82) is 0 Å². The van der Waals surface area contributed by atoms with E-state index in [0.29, 0.717) is 6.04 Å². The number of nitrogens with zero attached hydrogens (tertiary/aromatic N) is 1. The summed E-state index contributed by atoms with van der Waals surface area (Å²) in [6.07, 6.45) is 1.09. The van der Waals surface area contributed by atoms with Crippen molar-refractivity contribution in [1.82, 2.24) is 0 Å². The van der Waals surface area contributed by atoms with E-state index < -0.39 is 0 Å². The summed E-state index contributed by atoms with van der Waals surface area (Å²) in [7, 11) is 1.76. The summed E-state index contributed by atoms with van der Waals surface area (Å²) in [6.45, 7) is 1.70. The third kappa shape index (κ3) is 2.36. The first-order valence-electron chi connectivity index (χ1n) is 6.78. The minimum absolute atomic E-state index is 0.439. The molecule has 1 aliphatic rings. The lowest BCUT2D eigenvalue weighted by Gasteiger charge is -2.27.